The molecule has 1 aliphatic rings. The SMILES string of the molecule is CCCC1CCC(CNC(=O)c2ccc(C)o2)CC1. The minimum Gasteiger partial charge on any atom is -0.456 e. The fourth-order valence-electron chi connectivity index (χ4n) is 3.01. The van der Waals surface area contributed by atoms with Crippen LogP contribution in [-0.4, -0.2) is 12.5 Å². The molecule has 0 aromatic carbocycles. The molecule has 0 radical (unpaired) electrons. The first-order chi connectivity index (χ1) is 9.19. The Morgan fingerprint density at radius 2 is 1.95 bits per heavy atom. The molecule has 1 N–H and O–H groups in total. The van der Waals surface area contributed by atoms with Gasteiger partial charge >= 0.3 is 0 Å². The van der Waals surface area contributed by atoms with Crippen LogP contribution in [-0.2, 0) is 0 Å². The Labute approximate surface area is 115 Å². The lowest BCUT2D eigenvalue weighted by Crippen LogP contribution is -2.31. The van der Waals surface area contributed by atoms with E-state index in [9.17, 15) is 4.79 Å². The fraction of sp³-hybridized carbons (Fsp3) is 0.688. The molecule has 0 atom stereocenters. The Morgan fingerprint density at radius 3 is 2.53 bits per heavy atom. The molecule has 19 heavy (non-hydrogen) atoms. The van der Waals surface area contributed by atoms with E-state index in [1.54, 1.807) is 6.07 Å². The van der Waals surface area contributed by atoms with Crippen LogP contribution in [0.4, 0.5) is 0 Å². The van der Waals surface area contributed by atoms with Gasteiger partial charge in [-0.2, -0.15) is 0 Å². The van der Waals surface area contributed by atoms with Crippen molar-refractivity contribution >= 4 is 5.91 Å². The first-order valence-electron chi connectivity index (χ1n) is 7.53. The zero-order chi connectivity index (χ0) is 13.7. The average Bonchev–Trinajstić information content (AvgIpc) is 2.85. The predicted octanol–water partition coefficient (Wildman–Crippen LogP) is 3.92. The molecule has 1 heterocycles. The van der Waals surface area contributed by atoms with Gasteiger partial charge in [-0.25, -0.2) is 0 Å². The number of furan rings is 1. The number of aryl methyl sites for hydroxylation is 1. The Bertz CT molecular complexity index is 403. The fourth-order valence-corrected chi connectivity index (χ4v) is 3.01. The third-order valence-corrected chi connectivity index (χ3v) is 4.18. The quantitative estimate of drug-likeness (QED) is 0.874. The zero-order valence-electron chi connectivity index (χ0n) is 12.1. The average molecular weight is 263 g/mol. The van der Waals surface area contributed by atoms with Crippen LogP contribution in [0.3, 0.4) is 0 Å². The summed E-state index contributed by atoms with van der Waals surface area (Å²) < 4.78 is 5.32. The Morgan fingerprint density at radius 1 is 1.26 bits per heavy atom. The van der Waals surface area contributed by atoms with E-state index >= 15 is 0 Å². The van der Waals surface area contributed by atoms with Crippen molar-refractivity contribution < 1.29 is 9.21 Å². The van der Waals surface area contributed by atoms with Gasteiger partial charge in [0.25, 0.3) is 5.91 Å². The monoisotopic (exact) mass is 263 g/mol. The minimum absolute atomic E-state index is 0.0798. The van der Waals surface area contributed by atoms with Crippen LogP contribution in [0, 0.1) is 18.8 Å². The highest BCUT2D eigenvalue weighted by molar-refractivity contribution is 5.91. The van der Waals surface area contributed by atoms with Crippen molar-refractivity contribution in [3.05, 3.63) is 23.7 Å². The number of amides is 1. The van der Waals surface area contributed by atoms with Gasteiger partial charge in [-0.15, -0.1) is 0 Å². The van der Waals surface area contributed by atoms with Crippen molar-refractivity contribution in [3.8, 4) is 0 Å². The van der Waals surface area contributed by atoms with Crippen LogP contribution in [0.1, 0.15) is 61.8 Å². The summed E-state index contributed by atoms with van der Waals surface area (Å²) in [5, 5.41) is 3.00. The summed E-state index contributed by atoms with van der Waals surface area (Å²) in [6.07, 6.45) is 7.82. The second-order valence-electron chi connectivity index (χ2n) is 5.80. The standard InChI is InChI=1S/C16H25NO2/c1-3-4-13-6-8-14(9-7-13)11-17-16(18)15-10-5-12(2)19-15/h5,10,13-14H,3-4,6-9,11H2,1-2H3,(H,17,18). The van der Waals surface area contributed by atoms with Crippen molar-refractivity contribution in [3.63, 3.8) is 0 Å². The first kappa shape index (κ1) is 14.2. The maximum Gasteiger partial charge on any atom is 0.287 e. The summed E-state index contributed by atoms with van der Waals surface area (Å²) >= 11 is 0. The van der Waals surface area contributed by atoms with Gasteiger partial charge in [0.05, 0.1) is 0 Å². The molecule has 2 rings (SSSR count). The Hall–Kier alpha value is -1.25. The van der Waals surface area contributed by atoms with Crippen LogP contribution in [0.25, 0.3) is 0 Å². The Balaban J connectivity index is 1.70. The van der Waals surface area contributed by atoms with Gasteiger partial charge < -0.3 is 9.73 Å². The number of rotatable bonds is 5. The summed E-state index contributed by atoms with van der Waals surface area (Å²) in [4.78, 5) is 11.9. The molecule has 1 aromatic rings. The summed E-state index contributed by atoms with van der Waals surface area (Å²) in [7, 11) is 0. The molecule has 106 valence electrons. The number of hydrogen-bond acceptors (Lipinski definition) is 2. The summed E-state index contributed by atoms with van der Waals surface area (Å²) in [6.45, 7) is 4.90. The van der Waals surface area contributed by atoms with Crippen molar-refractivity contribution in [2.45, 2.75) is 52.4 Å². The van der Waals surface area contributed by atoms with Gasteiger partial charge in [0.2, 0.25) is 0 Å². The van der Waals surface area contributed by atoms with Crippen LogP contribution in [0.15, 0.2) is 16.5 Å². The number of carbonyl (C=O) groups is 1. The van der Waals surface area contributed by atoms with E-state index < -0.39 is 0 Å². The maximum absolute atomic E-state index is 11.9. The van der Waals surface area contributed by atoms with Crippen LogP contribution in [0.2, 0.25) is 0 Å². The van der Waals surface area contributed by atoms with Crippen molar-refractivity contribution in [2.24, 2.45) is 11.8 Å². The molecule has 1 saturated carbocycles. The molecule has 1 amide bonds. The second kappa shape index (κ2) is 6.78. The van der Waals surface area contributed by atoms with Crippen LogP contribution >= 0.6 is 0 Å². The van der Waals surface area contributed by atoms with Gasteiger partial charge in [-0.05, 0) is 43.7 Å². The van der Waals surface area contributed by atoms with E-state index in [1.165, 1.54) is 38.5 Å². The van der Waals surface area contributed by atoms with E-state index in [0.717, 1.165) is 18.2 Å². The van der Waals surface area contributed by atoms with Crippen molar-refractivity contribution in [2.75, 3.05) is 6.54 Å². The topological polar surface area (TPSA) is 42.2 Å². The highest BCUT2D eigenvalue weighted by Crippen LogP contribution is 2.31. The highest BCUT2D eigenvalue weighted by Gasteiger charge is 2.21. The lowest BCUT2D eigenvalue weighted by molar-refractivity contribution is 0.0912. The number of hydrogen-bond donors (Lipinski definition) is 1. The molecule has 0 aliphatic heterocycles. The first-order valence-corrected chi connectivity index (χ1v) is 7.53. The molecule has 1 aromatic heterocycles. The zero-order valence-corrected chi connectivity index (χ0v) is 12.1. The van der Waals surface area contributed by atoms with Gasteiger partial charge in [-0.3, -0.25) is 4.79 Å². The van der Waals surface area contributed by atoms with Crippen LogP contribution < -0.4 is 5.32 Å². The summed E-state index contributed by atoms with van der Waals surface area (Å²) in [6, 6.07) is 3.56. The normalized spacial score (nSPS) is 23.3. The molecule has 1 fully saturated rings. The number of carbonyl (C=O) groups excluding carboxylic acids is 1. The smallest absolute Gasteiger partial charge is 0.287 e. The number of nitrogens with one attached hydrogen (secondary N) is 1. The minimum atomic E-state index is -0.0798. The molecule has 0 saturated heterocycles. The predicted molar refractivity (Wildman–Crippen MR) is 76.1 cm³/mol. The molecule has 0 unspecified atom stereocenters. The molecule has 1 aliphatic carbocycles. The molecular weight excluding hydrogens is 238 g/mol. The van der Waals surface area contributed by atoms with Gasteiger partial charge in [0, 0.05) is 6.54 Å². The molecule has 0 spiro atoms. The van der Waals surface area contributed by atoms with E-state index in [2.05, 4.69) is 12.2 Å². The summed E-state index contributed by atoms with van der Waals surface area (Å²) in [5.74, 6) is 2.70. The van der Waals surface area contributed by atoms with E-state index in [4.69, 9.17) is 4.42 Å². The Kier molecular flexibility index (Phi) is 5.06. The molecule has 3 heteroatoms. The molecule has 0 bridgehead atoms. The highest BCUT2D eigenvalue weighted by atomic mass is 16.3. The van der Waals surface area contributed by atoms with Gasteiger partial charge in [-0.1, -0.05) is 32.6 Å². The van der Waals surface area contributed by atoms with Crippen molar-refractivity contribution in [1.82, 2.24) is 5.32 Å². The molecule has 3 nitrogen and oxygen atoms in total. The van der Waals surface area contributed by atoms with E-state index in [0.29, 0.717) is 11.7 Å². The lowest BCUT2D eigenvalue weighted by atomic mass is 9.80. The second-order valence-corrected chi connectivity index (χ2v) is 5.80. The van der Waals surface area contributed by atoms with E-state index in [-0.39, 0.29) is 5.91 Å². The van der Waals surface area contributed by atoms with Gasteiger partial charge in [0.1, 0.15) is 5.76 Å². The summed E-state index contributed by atoms with van der Waals surface area (Å²) in [5.41, 5.74) is 0. The third kappa shape index (κ3) is 4.12. The lowest BCUT2D eigenvalue weighted by Gasteiger charge is -2.28. The van der Waals surface area contributed by atoms with Crippen molar-refractivity contribution in [1.29, 1.82) is 0 Å². The maximum atomic E-state index is 11.9. The molecular formula is C16H25NO2. The van der Waals surface area contributed by atoms with E-state index in [1.807, 2.05) is 13.0 Å². The largest absolute Gasteiger partial charge is 0.456 e. The van der Waals surface area contributed by atoms with Crippen LogP contribution in [0.5, 0.6) is 0 Å². The third-order valence-electron chi connectivity index (χ3n) is 4.18. The van der Waals surface area contributed by atoms with Gasteiger partial charge in [0.15, 0.2) is 5.76 Å².